The molecule has 1 atom stereocenters. The fourth-order valence-corrected chi connectivity index (χ4v) is 3.64. The van der Waals surface area contributed by atoms with Crippen LogP contribution < -0.4 is 5.56 Å². The van der Waals surface area contributed by atoms with Crippen LogP contribution in [0, 0.1) is 0 Å². The Bertz CT molecular complexity index is 844. The topological polar surface area (TPSA) is 101 Å². The minimum atomic E-state index is -0.160. The summed E-state index contributed by atoms with van der Waals surface area (Å²) in [5.74, 6) is 0.796. The molecule has 0 aromatic carbocycles. The summed E-state index contributed by atoms with van der Waals surface area (Å²) in [5.41, 5.74) is 2.02. The number of aryl methyl sites for hydroxylation is 2. The summed E-state index contributed by atoms with van der Waals surface area (Å²) in [5, 5.41) is 4.05. The molecule has 1 fully saturated rings. The second-order valence-corrected chi connectivity index (χ2v) is 6.83. The van der Waals surface area contributed by atoms with Crippen molar-refractivity contribution in [1.29, 1.82) is 0 Å². The zero-order valence-corrected chi connectivity index (χ0v) is 14.6. The van der Waals surface area contributed by atoms with E-state index < -0.39 is 0 Å². The van der Waals surface area contributed by atoms with E-state index in [1.807, 2.05) is 0 Å². The number of aromatic amines is 1. The van der Waals surface area contributed by atoms with Gasteiger partial charge in [0.05, 0.1) is 19.0 Å². The van der Waals surface area contributed by atoms with Crippen LogP contribution in [-0.2, 0) is 24.0 Å². The van der Waals surface area contributed by atoms with Crippen molar-refractivity contribution in [2.75, 3.05) is 19.7 Å². The molecule has 0 saturated carbocycles. The Hall–Kier alpha value is -2.48. The van der Waals surface area contributed by atoms with Gasteiger partial charge in [-0.25, -0.2) is 4.98 Å². The molecule has 8 heteroatoms. The third-order valence-corrected chi connectivity index (χ3v) is 5.04. The minimum absolute atomic E-state index is 0.0699. The van der Waals surface area contributed by atoms with Gasteiger partial charge in [-0.2, -0.15) is 0 Å². The van der Waals surface area contributed by atoms with Gasteiger partial charge in [-0.1, -0.05) is 5.16 Å². The summed E-state index contributed by atoms with van der Waals surface area (Å²) in [6, 6.07) is 1.49. The van der Waals surface area contributed by atoms with E-state index in [0.717, 1.165) is 42.7 Å². The summed E-state index contributed by atoms with van der Waals surface area (Å²) in [6.45, 7) is 1.57. The van der Waals surface area contributed by atoms with Crippen molar-refractivity contribution in [3.63, 3.8) is 0 Å². The molecular formula is C18H22N4O4. The normalized spacial score (nSPS) is 20.0. The monoisotopic (exact) mass is 358 g/mol. The molecule has 1 N–H and O–H groups in total. The largest absolute Gasteiger partial charge is 0.375 e. The van der Waals surface area contributed by atoms with Gasteiger partial charge in [0.25, 0.3) is 11.5 Å². The summed E-state index contributed by atoms with van der Waals surface area (Å²) in [7, 11) is 0. The number of hydrogen-bond acceptors (Lipinski definition) is 6. The lowest BCUT2D eigenvalue weighted by molar-refractivity contribution is -0.0250. The van der Waals surface area contributed by atoms with Crippen LogP contribution in [0.4, 0.5) is 0 Å². The predicted molar refractivity (Wildman–Crippen MR) is 92.0 cm³/mol. The lowest BCUT2D eigenvalue weighted by Crippen LogP contribution is -2.46. The van der Waals surface area contributed by atoms with Gasteiger partial charge in [-0.15, -0.1) is 0 Å². The first kappa shape index (κ1) is 17.0. The smallest absolute Gasteiger partial charge is 0.276 e. The first-order valence-corrected chi connectivity index (χ1v) is 9.12. The summed E-state index contributed by atoms with van der Waals surface area (Å²) in [4.78, 5) is 32.7. The van der Waals surface area contributed by atoms with E-state index >= 15 is 0 Å². The summed E-state index contributed by atoms with van der Waals surface area (Å²) < 4.78 is 11.2. The summed E-state index contributed by atoms with van der Waals surface area (Å²) in [6.07, 6.45) is 6.56. The maximum atomic E-state index is 12.9. The molecule has 0 radical (unpaired) electrons. The fourth-order valence-electron chi connectivity index (χ4n) is 3.64. The number of nitrogens with zero attached hydrogens (tertiary/aromatic N) is 3. The van der Waals surface area contributed by atoms with Crippen molar-refractivity contribution in [3.05, 3.63) is 45.5 Å². The Morgan fingerprint density at radius 2 is 2.23 bits per heavy atom. The second kappa shape index (κ2) is 7.41. The molecule has 8 nitrogen and oxygen atoms in total. The Balaban J connectivity index is 1.39. The maximum Gasteiger partial charge on any atom is 0.276 e. The van der Waals surface area contributed by atoms with Gasteiger partial charge < -0.3 is 19.1 Å². The van der Waals surface area contributed by atoms with Crippen molar-refractivity contribution >= 4 is 5.91 Å². The third kappa shape index (κ3) is 3.55. The van der Waals surface area contributed by atoms with E-state index in [0.29, 0.717) is 38.2 Å². The Labute approximate surface area is 150 Å². The molecule has 0 spiro atoms. The van der Waals surface area contributed by atoms with Crippen LogP contribution in [0.5, 0.6) is 0 Å². The number of carbonyl (C=O) groups is 1. The molecule has 1 amide bonds. The average molecular weight is 358 g/mol. The van der Waals surface area contributed by atoms with E-state index in [4.69, 9.17) is 9.26 Å². The standard InChI is InChI=1S/C18H22N4O4/c23-16-9-12(19-11-20-16)5-6-13-10-22(7-8-25-13)18(24)17-14-3-1-2-4-15(14)26-21-17/h9,11,13H,1-8,10H2,(H,19,20,23)/t13-/m1/s1. The Morgan fingerprint density at radius 3 is 3.12 bits per heavy atom. The van der Waals surface area contributed by atoms with Gasteiger partial charge in [0.15, 0.2) is 5.69 Å². The highest BCUT2D eigenvalue weighted by Gasteiger charge is 2.30. The predicted octanol–water partition coefficient (Wildman–Crippen LogP) is 1.11. The van der Waals surface area contributed by atoms with E-state index in [2.05, 4.69) is 15.1 Å². The SMILES string of the molecule is O=C(c1noc2c1CCCC2)N1CCO[C@H](CCc2cc(=O)[nH]cn2)C1. The van der Waals surface area contributed by atoms with Gasteiger partial charge in [0, 0.05) is 36.8 Å². The van der Waals surface area contributed by atoms with Crippen LogP contribution in [-0.4, -0.2) is 51.7 Å². The van der Waals surface area contributed by atoms with E-state index in [1.165, 1.54) is 12.4 Å². The zero-order chi connectivity index (χ0) is 17.9. The van der Waals surface area contributed by atoms with E-state index in [9.17, 15) is 9.59 Å². The minimum Gasteiger partial charge on any atom is -0.375 e. The molecule has 0 bridgehead atoms. The number of aromatic nitrogens is 3. The van der Waals surface area contributed by atoms with Crippen LogP contribution in [0.1, 0.15) is 46.8 Å². The number of ether oxygens (including phenoxy) is 1. The highest BCUT2D eigenvalue weighted by Crippen LogP contribution is 2.25. The number of nitrogens with one attached hydrogen (secondary N) is 1. The maximum absolute atomic E-state index is 12.9. The molecule has 3 heterocycles. The highest BCUT2D eigenvalue weighted by atomic mass is 16.5. The molecule has 1 aliphatic carbocycles. The average Bonchev–Trinajstić information content (AvgIpc) is 3.10. The van der Waals surface area contributed by atoms with Crippen LogP contribution in [0.2, 0.25) is 0 Å². The van der Waals surface area contributed by atoms with Gasteiger partial charge >= 0.3 is 0 Å². The van der Waals surface area contributed by atoms with Crippen molar-refractivity contribution in [3.8, 4) is 0 Å². The second-order valence-electron chi connectivity index (χ2n) is 6.83. The first-order chi connectivity index (χ1) is 12.7. The van der Waals surface area contributed by atoms with Crippen LogP contribution >= 0.6 is 0 Å². The number of rotatable bonds is 4. The van der Waals surface area contributed by atoms with Gasteiger partial charge in [-0.05, 0) is 32.1 Å². The molecule has 26 heavy (non-hydrogen) atoms. The number of amides is 1. The fraction of sp³-hybridized carbons (Fsp3) is 0.556. The molecule has 2 aromatic rings. The van der Waals surface area contributed by atoms with Crippen LogP contribution in [0.3, 0.4) is 0 Å². The van der Waals surface area contributed by atoms with E-state index in [1.54, 1.807) is 4.90 Å². The first-order valence-electron chi connectivity index (χ1n) is 9.12. The zero-order valence-electron chi connectivity index (χ0n) is 14.6. The van der Waals surface area contributed by atoms with E-state index in [-0.39, 0.29) is 17.6 Å². The van der Waals surface area contributed by atoms with Crippen LogP contribution in [0.25, 0.3) is 0 Å². The molecule has 138 valence electrons. The molecular weight excluding hydrogens is 336 g/mol. The molecule has 1 aliphatic heterocycles. The molecule has 4 rings (SSSR count). The van der Waals surface area contributed by atoms with Gasteiger partial charge in [0.1, 0.15) is 5.76 Å². The Kier molecular flexibility index (Phi) is 4.83. The lowest BCUT2D eigenvalue weighted by atomic mass is 9.96. The van der Waals surface area contributed by atoms with Crippen molar-refractivity contribution in [2.24, 2.45) is 0 Å². The molecule has 2 aliphatic rings. The number of morpholine rings is 1. The third-order valence-electron chi connectivity index (χ3n) is 5.04. The molecule has 0 unspecified atom stereocenters. The molecule has 1 saturated heterocycles. The lowest BCUT2D eigenvalue weighted by Gasteiger charge is -2.32. The number of carbonyl (C=O) groups excluding carboxylic acids is 1. The van der Waals surface area contributed by atoms with Gasteiger partial charge in [-0.3, -0.25) is 9.59 Å². The van der Waals surface area contributed by atoms with Crippen LogP contribution in [0.15, 0.2) is 21.7 Å². The quantitative estimate of drug-likeness (QED) is 0.879. The summed E-state index contributed by atoms with van der Waals surface area (Å²) >= 11 is 0. The number of fused-ring (bicyclic) bond motifs is 1. The Morgan fingerprint density at radius 1 is 1.35 bits per heavy atom. The van der Waals surface area contributed by atoms with Crippen molar-refractivity contribution in [2.45, 2.75) is 44.6 Å². The highest BCUT2D eigenvalue weighted by molar-refractivity contribution is 5.94. The van der Waals surface area contributed by atoms with Crippen molar-refractivity contribution in [1.82, 2.24) is 20.0 Å². The number of hydrogen-bond donors (Lipinski definition) is 1. The number of H-pyrrole nitrogens is 1. The van der Waals surface area contributed by atoms with Crippen molar-refractivity contribution < 1.29 is 14.1 Å². The van der Waals surface area contributed by atoms with Gasteiger partial charge in [0.2, 0.25) is 0 Å². The molecule has 2 aromatic heterocycles.